The molecule has 0 spiro atoms. The van der Waals surface area contributed by atoms with E-state index in [-0.39, 0.29) is 17.7 Å². The summed E-state index contributed by atoms with van der Waals surface area (Å²) in [6.45, 7) is 1.83. The highest BCUT2D eigenvalue weighted by Gasteiger charge is 2.38. The molecule has 1 aromatic heterocycles. The summed E-state index contributed by atoms with van der Waals surface area (Å²) in [4.78, 5) is 0. The highest BCUT2D eigenvalue weighted by atomic mass is 32.2. The van der Waals surface area contributed by atoms with Gasteiger partial charge < -0.3 is 4.74 Å². The summed E-state index contributed by atoms with van der Waals surface area (Å²) in [5, 5.41) is 4.03. The van der Waals surface area contributed by atoms with Crippen LogP contribution < -0.4 is 0 Å². The van der Waals surface area contributed by atoms with Crippen molar-refractivity contribution in [3.05, 3.63) is 22.4 Å². The van der Waals surface area contributed by atoms with Gasteiger partial charge in [0.15, 0.2) is 0 Å². The summed E-state index contributed by atoms with van der Waals surface area (Å²) < 4.78 is 32.1. The second-order valence-electron chi connectivity index (χ2n) is 5.42. The number of hydrogen-bond acceptors (Lipinski definition) is 4. The van der Waals surface area contributed by atoms with Gasteiger partial charge in [-0.1, -0.05) is 0 Å². The van der Waals surface area contributed by atoms with E-state index in [1.54, 1.807) is 15.6 Å². The van der Waals surface area contributed by atoms with E-state index in [0.717, 1.165) is 24.8 Å². The van der Waals surface area contributed by atoms with Crippen LogP contribution in [0.5, 0.6) is 0 Å². The molecule has 0 N–H and O–H groups in total. The predicted octanol–water partition coefficient (Wildman–Crippen LogP) is 2.08. The first kappa shape index (κ1) is 13.5. The second-order valence-corrected chi connectivity index (χ2v) is 8.16. The molecule has 106 valence electrons. The molecule has 2 heterocycles. The summed E-state index contributed by atoms with van der Waals surface area (Å²) in [6, 6.07) is 2.24. The lowest BCUT2D eigenvalue weighted by molar-refractivity contribution is 0.188. The van der Waals surface area contributed by atoms with Crippen LogP contribution >= 0.6 is 11.3 Å². The zero-order valence-electron chi connectivity index (χ0n) is 10.8. The van der Waals surface area contributed by atoms with Crippen molar-refractivity contribution in [2.75, 3.05) is 19.0 Å². The van der Waals surface area contributed by atoms with E-state index >= 15 is 0 Å². The quantitative estimate of drug-likeness (QED) is 0.808. The maximum absolute atomic E-state index is 12.6. The first-order valence-corrected chi connectivity index (χ1v) is 9.29. The van der Waals surface area contributed by atoms with Crippen molar-refractivity contribution in [2.24, 2.45) is 5.92 Å². The number of sulfonamides is 1. The highest BCUT2D eigenvalue weighted by molar-refractivity contribution is 7.89. The minimum Gasteiger partial charge on any atom is -0.381 e. The van der Waals surface area contributed by atoms with Gasteiger partial charge in [0, 0.05) is 19.2 Å². The maximum Gasteiger partial charge on any atom is 0.215 e. The molecule has 1 saturated carbocycles. The van der Waals surface area contributed by atoms with E-state index in [1.165, 1.54) is 0 Å². The number of thiophene rings is 1. The average molecular weight is 301 g/mol. The molecule has 3 rings (SSSR count). The Balaban J connectivity index is 1.71. The number of nitrogens with zero attached hydrogens (tertiary/aromatic N) is 1. The predicted molar refractivity (Wildman–Crippen MR) is 75.6 cm³/mol. The van der Waals surface area contributed by atoms with Gasteiger partial charge in [0.2, 0.25) is 10.0 Å². The van der Waals surface area contributed by atoms with E-state index < -0.39 is 10.0 Å². The normalized spacial score (nSPS) is 24.2. The largest absolute Gasteiger partial charge is 0.381 e. The number of hydrogen-bond donors (Lipinski definition) is 0. The third-order valence-corrected chi connectivity index (χ3v) is 6.47. The van der Waals surface area contributed by atoms with Crippen molar-refractivity contribution in [3.63, 3.8) is 0 Å². The van der Waals surface area contributed by atoms with Crippen molar-refractivity contribution >= 4 is 21.4 Å². The molecule has 2 aliphatic rings. The minimum atomic E-state index is -3.16. The topological polar surface area (TPSA) is 46.6 Å². The van der Waals surface area contributed by atoms with Gasteiger partial charge in [-0.05, 0) is 47.6 Å². The molecule has 0 aromatic carbocycles. The van der Waals surface area contributed by atoms with Gasteiger partial charge in [0.25, 0.3) is 0 Å². The minimum absolute atomic E-state index is 0.175. The lowest BCUT2D eigenvalue weighted by Gasteiger charge is -2.23. The Morgan fingerprint density at radius 2 is 2.21 bits per heavy atom. The van der Waals surface area contributed by atoms with Crippen LogP contribution in [0.3, 0.4) is 0 Å². The van der Waals surface area contributed by atoms with Gasteiger partial charge >= 0.3 is 0 Å². The molecule has 0 amide bonds. The number of ether oxygens (including phenoxy) is 1. The molecular weight excluding hydrogens is 282 g/mol. The molecule has 19 heavy (non-hydrogen) atoms. The first-order valence-electron chi connectivity index (χ1n) is 6.73. The summed E-state index contributed by atoms with van der Waals surface area (Å²) in [5.74, 6) is 0.418. The molecule has 2 fully saturated rings. The zero-order valence-corrected chi connectivity index (χ0v) is 12.5. The Morgan fingerprint density at radius 1 is 1.37 bits per heavy atom. The lowest BCUT2D eigenvalue weighted by Crippen LogP contribution is -2.36. The maximum atomic E-state index is 12.6. The van der Waals surface area contributed by atoms with Crippen LogP contribution in [-0.2, 0) is 21.3 Å². The summed E-state index contributed by atoms with van der Waals surface area (Å²) >= 11 is 1.62. The van der Waals surface area contributed by atoms with Crippen LogP contribution in [-0.4, -0.2) is 37.7 Å². The highest BCUT2D eigenvalue weighted by Crippen LogP contribution is 2.32. The monoisotopic (exact) mass is 301 g/mol. The Morgan fingerprint density at radius 3 is 2.79 bits per heavy atom. The molecule has 4 nitrogen and oxygen atoms in total. The van der Waals surface area contributed by atoms with Crippen molar-refractivity contribution in [1.82, 2.24) is 4.31 Å². The van der Waals surface area contributed by atoms with Gasteiger partial charge in [0.1, 0.15) is 0 Å². The van der Waals surface area contributed by atoms with E-state index in [4.69, 9.17) is 4.74 Å². The average Bonchev–Trinajstić information content (AvgIpc) is 2.87. The van der Waals surface area contributed by atoms with Crippen LogP contribution in [0.15, 0.2) is 16.8 Å². The van der Waals surface area contributed by atoms with Gasteiger partial charge in [-0.15, -0.1) is 0 Å². The van der Waals surface area contributed by atoms with Crippen LogP contribution in [0, 0.1) is 5.92 Å². The fourth-order valence-electron chi connectivity index (χ4n) is 2.49. The van der Waals surface area contributed by atoms with Crippen molar-refractivity contribution in [1.29, 1.82) is 0 Å². The molecule has 0 unspecified atom stereocenters. The van der Waals surface area contributed by atoms with E-state index in [1.807, 2.05) is 16.8 Å². The smallest absolute Gasteiger partial charge is 0.215 e. The molecule has 1 aliphatic heterocycles. The summed E-state index contributed by atoms with van der Waals surface area (Å²) in [6.07, 6.45) is 2.88. The molecule has 1 aliphatic carbocycles. The van der Waals surface area contributed by atoms with Crippen molar-refractivity contribution in [2.45, 2.75) is 31.8 Å². The molecule has 1 atom stereocenters. The van der Waals surface area contributed by atoms with Crippen molar-refractivity contribution in [3.8, 4) is 0 Å². The molecule has 1 saturated heterocycles. The Labute approximate surface area is 118 Å². The third kappa shape index (κ3) is 3.37. The molecule has 6 heteroatoms. The van der Waals surface area contributed by atoms with Crippen LogP contribution in [0.4, 0.5) is 0 Å². The first-order chi connectivity index (χ1) is 9.15. The van der Waals surface area contributed by atoms with Gasteiger partial charge in [-0.2, -0.15) is 15.6 Å². The fraction of sp³-hybridized carbons (Fsp3) is 0.692. The van der Waals surface area contributed by atoms with Crippen LogP contribution in [0.2, 0.25) is 0 Å². The SMILES string of the molecule is O=S(=O)(C[C@@H]1CCOC1)N(Cc1ccsc1)C1CC1. The van der Waals surface area contributed by atoms with Crippen molar-refractivity contribution < 1.29 is 13.2 Å². The molecule has 0 radical (unpaired) electrons. The Kier molecular flexibility index (Phi) is 3.93. The van der Waals surface area contributed by atoms with E-state index in [2.05, 4.69) is 0 Å². The van der Waals surface area contributed by atoms with Crippen LogP contribution in [0.1, 0.15) is 24.8 Å². The standard InChI is InChI=1S/C13H19NO3S2/c15-19(16,10-12-3-5-17-8-12)14(13-1-2-13)7-11-4-6-18-9-11/h4,6,9,12-13H,1-3,5,7-8,10H2/t12-/m1/s1. The number of rotatable bonds is 6. The third-order valence-electron chi connectivity index (χ3n) is 3.70. The Bertz CT molecular complexity index is 502. The van der Waals surface area contributed by atoms with E-state index in [0.29, 0.717) is 19.8 Å². The van der Waals surface area contributed by atoms with Crippen LogP contribution in [0.25, 0.3) is 0 Å². The summed E-state index contributed by atoms with van der Waals surface area (Å²) in [5.41, 5.74) is 1.10. The molecule has 0 bridgehead atoms. The zero-order chi connectivity index (χ0) is 13.3. The van der Waals surface area contributed by atoms with Gasteiger partial charge in [0.05, 0.1) is 12.4 Å². The molecule has 1 aromatic rings. The second kappa shape index (κ2) is 5.52. The Hall–Kier alpha value is -0.430. The van der Waals surface area contributed by atoms with Gasteiger partial charge in [-0.25, -0.2) is 8.42 Å². The lowest BCUT2D eigenvalue weighted by atomic mass is 10.2. The molecular formula is C13H19NO3S2. The van der Waals surface area contributed by atoms with E-state index in [9.17, 15) is 8.42 Å². The summed E-state index contributed by atoms with van der Waals surface area (Å²) in [7, 11) is -3.16. The fourth-order valence-corrected chi connectivity index (χ4v) is 5.21. The van der Waals surface area contributed by atoms with Gasteiger partial charge in [-0.3, -0.25) is 0 Å².